The molecule has 0 fully saturated rings. The van der Waals surface area contributed by atoms with E-state index in [4.69, 9.17) is 9.47 Å². The summed E-state index contributed by atoms with van der Waals surface area (Å²) in [4.78, 5) is 29.1. The molecule has 3 aromatic rings. The van der Waals surface area contributed by atoms with Gasteiger partial charge >= 0.3 is 5.97 Å². The Kier molecular flexibility index (Phi) is 7.07. The number of rotatable bonds is 9. The summed E-state index contributed by atoms with van der Waals surface area (Å²) in [5, 5.41) is 9.25. The van der Waals surface area contributed by atoms with Crippen LogP contribution in [0.25, 0.3) is 17.8 Å². The van der Waals surface area contributed by atoms with Gasteiger partial charge in [-0.3, -0.25) is 9.20 Å². The number of unbranched alkanes of at least 4 members (excludes halogenated alkanes) is 1. The van der Waals surface area contributed by atoms with E-state index in [9.17, 15) is 14.7 Å². The Morgan fingerprint density at radius 2 is 2.00 bits per heavy atom. The fraction of sp³-hybridized carbons (Fsp3) is 0.292. The van der Waals surface area contributed by atoms with Gasteiger partial charge in [0.15, 0.2) is 0 Å². The molecule has 2 aromatic heterocycles. The normalized spacial score (nSPS) is 11.2. The highest BCUT2D eigenvalue weighted by molar-refractivity contribution is 5.87. The quantitative estimate of drug-likeness (QED) is 0.553. The predicted octanol–water partition coefficient (Wildman–Crippen LogP) is 4.31. The molecular formula is C24H26N2O5. The summed E-state index contributed by atoms with van der Waals surface area (Å²) in [6.45, 7) is 4.49. The Morgan fingerprint density at radius 3 is 2.68 bits per heavy atom. The second kappa shape index (κ2) is 9.93. The van der Waals surface area contributed by atoms with Crippen molar-refractivity contribution in [1.29, 1.82) is 0 Å². The van der Waals surface area contributed by atoms with Gasteiger partial charge < -0.3 is 14.6 Å². The third-order valence-electron chi connectivity index (χ3n) is 4.91. The van der Waals surface area contributed by atoms with E-state index in [1.165, 1.54) is 16.7 Å². The van der Waals surface area contributed by atoms with Gasteiger partial charge in [0, 0.05) is 17.3 Å². The zero-order valence-electron chi connectivity index (χ0n) is 17.9. The molecule has 0 spiro atoms. The summed E-state index contributed by atoms with van der Waals surface area (Å²) in [5.41, 5.74) is 2.11. The van der Waals surface area contributed by atoms with E-state index in [-0.39, 0.29) is 11.1 Å². The lowest BCUT2D eigenvalue weighted by molar-refractivity contribution is 0.0696. The first-order valence-corrected chi connectivity index (χ1v) is 10.3. The van der Waals surface area contributed by atoms with Gasteiger partial charge in [-0.25, -0.2) is 9.78 Å². The molecule has 0 saturated carbocycles. The minimum atomic E-state index is -1.09. The third kappa shape index (κ3) is 4.94. The molecular weight excluding hydrogens is 396 g/mol. The highest BCUT2D eigenvalue weighted by Crippen LogP contribution is 2.26. The SMILES string of the molecule is CCCCc1c(/C=C/c2cc(OC)ccc2OCC)nc2ccc(C(=O)O)cn2c1=O. The number of benzene rings is 1. The van der Waals surface area contributed by atoms with Crippen molar-refractivity contribution in [2.75, 3.05) is 13.7 Å². The number of fused-ring (bicyclic) bond motifs is 1. The van der Waals surface area contributed by atoms with Crippen molar-refractivity contribution in [3.8, 4) is 11.5 Å². The van der Waals surface area contributed by atoms with Crippen LogP contribution in [0.1, 0.15) is 53.9 Å². The van der Waals surface area contributed by atoms with E-state index in [0.717, 1.165) is 18.4 Å². The molecule has 0 aliphatic carbocycles. The van der Waals surface area contributed by atoms with Crippen molar-refractivity contribution in [2.24, 2.45) is 0 Å². The number of nitrogens with zero attached hydrogens (tertiary/aromatic N) is 2. The fourth-order valence-electron chi connectivity index (χ4n) is 3.28. The first kappa shape index (κ1) is 22.1. The van der Waals surface area contributed by atoms with Gasteiger partial charge in [0.1, 0.15) is 17.1 Å². The van der Waals surface area contributed by atoms with E-state index in [1.807, 2.05) is 31.2 Å². The maximum absolute atomic E-state index is 13.2. The smallest absolute Gasteiger partial charge is 0.337 e. The number of methoxy groups -OCH3 is 1. The number of aromatic nitrogens is 2. The molecule has 7 nitrogen and oxygen atoms in total. The van der Waals surface area contributed by atoms with Crippen LogP contribution in [0.2, 0.25) is 0 Å². The van der Waals surface area contributed by atoms with Crippen molar-refractivity contribution in [1.82, 2.24) is 9.38 Å². The molecule has 2 heterocycles. The van der Waals surface area contributed by atoms with Gasteiger partial charge in [0.05, 0.1) is 25.0 Å². The molecule has 0 aliphatic heterocycles. The Balaban J connectivity index is 2.14. The molecule has 0 saturated heterocycles. The fourth-order valence-corrected chi connectivity index (χ4v) is 3.28. The van der Waals surface area contributed by atoms with Gasteiger partial charge in [-0.15, -0.1) is 0 Å². The van der Waals surface area contributed by atoms with Gasteiger partial charge in [-0.05, 0) is 62.2 Å². The number of hydrogen-bond acceptors (Lipinski definition) is 5. The molecule has 1 aromatic carbocycles. The van der Waals surface area contributed by atoms with Crippen LogP contribution in [0.5, 0.6) is 11.5 Å². The standard InChI is InChI=1S/C24H26N2O5/c1-4-6-7-19-20(11-8-16-14-18(30-3)10-12-21(16)31-5-2)25-22-13-9-17(24(28)29)15-26(22)23(19)27/h8-15H,4-7H2,1-3H3,(H,28,29)/b11-8+. The Bertz CT molecular complexity index is 1180. The Hall–Kier alpha value is -3.61. The lowest BCUT2D eigenvalue weighted by Gasteiger charge is -2.11. The number of aromatic carboxylic acids is 1. The number of carboxylic acid groups (broad SMARTS) is 1. The van der Waals surface area contributed by atoms with E-state index >= 15 is 0 Å². The number of carbonyl (C=O) groups is 1. The third-order valence-corrected chi connectivity index (χ3v) is 4.91. The second-order valence-corrected chi connectivity index (χ2v) is 7.01. The van der Waals surface area contributed by atoms with Crippen LogP contribution in [-0.2, 0) is 6.42 Å². The van der Waals surface area contributed by atoms with Gasteiger partial charge in [-0.1, -0.05) is 13.3 Å². The van der Waals surface area contributed by atoms with E-state index in [2.05, 4.69) is 11.9 Å². The maximum Gasteiger partial charge on any atom is 0.337 e. The van der Waals surface area contributed by atoms with Crippen molar-refractivity contribution >= 4 is 23.8 Å². The van der Waals surface area contributed by atoms with Crippen LogP contribution in [-0.4, -0.2) is 34.2 Å². The Labute approximate surface area is 180 Å². The van der Waals surface area contributed by atoms with Crippen molar-refractivity contribution in [3.05, 3.63) is 69.3 Å². The number of pyridine rings is 1. The van der Waals surface area contributed by atoms with Crippen molar-refractivity contribution < 1.29 is 19.4 Å². The molecule has 3 rings (SSSR count). The lowest BCUT2D eigenvalue weighted by atomic mass is 10.1. The van der Waals surface area contributed by atoms with Crippen LogP contribution in [0.4, 0.5) is 0 Å². The van der Waals surface area contributed by atoms with E-state index in [1.54, 1.807) is 19.3 Å². The lowest BCUT2D eigenvalue weighted by Crippen LogP contribution is -2.22. The molecule has 0 unspecified atom stereocenters. The molecule has 7 heteroatoms. The average molecular weight is 422 g/mol. The molecule has 0 radical (unpaired) electrons. The topological polar surface area (TPSA) is 90.1 Å². The Morgan fingerprint density at radius 1 is 1.19 bits per heavy atom. The largest absolute Gasteiger partial charge is 0.497 e. The molecule has 0 bridgehead atoms. The minimum Gasteiger partial charge on any atom is -0.497 e. The molecule has 1 N–H and O–H groups in total. The summed E-state index contributed by atoms with van der Waals surface area (Å²) < 4.78 is 12.3. The first-order valence-electron chi connectivity index (χ1n) is 10.3. The summed E-state index contributed by atoms with van der Waals surface area (Å²) >= 11 is 0. The van der Waals surface area contributed by atoms with E-state index in [0.29, 0.717) is 41.4 Å². The highest BCUT2D eigenvalue weighted by atomic mass is 16.5. The zero-order chi connectivity index (χ0) is 22.4. The van der Waals surface area contributed by atoms with Gasteiger partial charge in [0.2, 0.25) is 0 Å². The summed E-state index contributed by atoms with van der Waals surface area (Å²) in [7, 11) is 1.60. The monoisotopic (exact) mass is 422 g/mol. The van der Waals surface area contributed by atoms with Crippen molar-refractivity contribution in [3.63, 3.8) is 0 Å². The average Bonchev–Trinajstić information content (AvgIpc) is 2.77. The van der Waals surface area contributed by atoms with Gasteiger partial charge in [0.25, 0.3) is 5.56 Å². The molecule has 162 valence electrons. The maximum atomic E-state index is 13.2. The summed E-state index contributed by atoms with van der Waals surface area (Å²) in [5.74, 6) is 0.315. The number of hydrogen-bond donors (Lipinski definition) is 1. The first-order chi connectivity index (χ1) is 15.0. The molecule has 0 atom stereocenters. The van der Waals surface area contributed by atoms with E-state index < -0.39 is 5.97 Å². The van der Waals surface area contributed by atoms with Crippen LogP contribution in [0.3, 0.4) is 0 Å². The van der Waals surface area contributed by atoms with Crippen molar-refractivity contribution in [2.45, 2.75) is 33.1 Å². The zero-order valence-corrected chi connectivity index (χ0v) is 17.9. The van der Waals surface area contributed by atoms with Gasteiger partial charge in [-0.2, -0.15) is 0 Å². The summed E-state index contributed by atoms with van der Waals surface area (Å²) in [6, 6.07) is 8.52. The molecule has 0 amide bonds. The summed E-state index contributed by atoms with van der Waals surface area (Å²) in [6.07, 6.45) is 7.28. The van der Waals surface area contributed by atoms with Crippen LogP contribution < -0.4 is 15.0 Å². The molecule has 31 heavy (non-hydrogen) atoms. The number of carboxylic acids is 1. The molecule has 0 aliphatic rings. The number of ether oxygens (including phenoxy) is 2. The van der Waals surface area contributed by atoms with Crippen LogP contribution in [0, 0.1) is 0 Å². The van der Waals surface area contributed by atoms with Crippen LogP contribution in [0.15, 0.2) is 41.3 Å². The van der Waals surface area contributed by atoms with Crippen LogP contribution >= 0.6 is 0 Å². The highest BCUT2D eigenvalue weighted by Gasteiger charge is 2.13. The minimum absolute atomic E-state index is 0.0406. The predicted molar refractivity (Wildman–Crippen MR) is 120 cm³/mol. The second-order valence-electron chi connectivity index (χ2n) is 7.01.